The Labute approximate surface area is 144 Å². The van der Waals surface area contributed by atoms with E-state index in [2.05, 4.69) is 22.2 Å². The highest BCUT2D eigenvalue weighted by atomic mass is 35.5. The first kappa shape index (κ1) is 21.2. The standard InChI is InChI=1S/C14H25N5O.2ClH/c1-3-18-8-5-12(6-9-18)19-13(4-7-16-19)17-14(20)11(2)10-15;;/h4,7,11-12H,3,5-6,8-10,15H2,1-2H3,(H,17,20);2*1H. The zero-order valence-electron chi connectivity index (χ0n) is 13.2. The van der Waals surface area contributed by atoms with Gasteiger partial charge in [-0.2, -0.15) is 5.10 Å². The monoisotopic (exact) mass is 351 g/mol. The maximum atomic E-state index is 11.9. The van der Waals surface area contributed by atoms with Crippen LogP contribution >= 0.6 is 24.8 Å². The number of halogens is 2. The van der Waals surface area contributed by atoms with Crippen molar-refractivity contribution < 1.29 is 4.79 Å². The smallest absolute Gasteiger partial charge is 0.229 e. The van der Waals surface area contributed by atoms with E-state index in [4.69, 9.17) is 5.73 Å². The SMILES string of the molecule is CCN1CCC(n2nccc2NC(=O)C(C)CN)CC1.Cl.Cl. The molecule has 128 valence electrons. The van der Waals surface area contributed by atoms with Gasteiger partial charge in [0.1, 0.15) is 5.82 Å². The summed E-state index contributed by atoms with van der Waals surface area (Å²) in [7, 11) is 0. The van der Waals surface area contributed by atoms with Crippen LogP contribution in [0.25, 0.3) is 0 Å². The van der Waals surface area contributed by atoms with Crippen molar-refractivity contribution >= 4 is 36.5 Å². The van der Waals surface area contributed by atoms with Crippen LogP contribution in [0.4, 0.5) is 5.82 Å². The Bertz CT molecular complexity index is 446. The largest absolute Gasteiger partial charge is 0.330 e. The van der Waals surface area contributed by atoms with Crippen LogP contribution in [-0.2, 0) is 4.79 Å². The fourth-order valence-corrected chi connectivity index (χ4v) is 2.54. The molecule has 1 aromatic heterocycles. The number of anilines is 1. The molecule has 1 saturated heterocycles. The highest BCUT2D eigenvalue weighted by Crippen LogP contribution is 2.25. The minimum absolute atomic E-state index is 0. The third kappa shape index (κ3) is 5.12. The van der Waals surface area contributed by atoms with Gasteiger partial charge < -0.3 is 16.0 Å². The number of nitrogens with zero attached hydrogens (tertiary/aromatic N) is 3. The predicted molar refractivity (Wildman–Crippen MR) is 94.0 cm³/mol. The van der Waals surface area contributed by atoms with Crippen LogP contribution in [0.15, 0.2) is 12.3 Å². The summed E-state index contributed by atoms with van der Waals surface area (Å²) in [5.41, 5.74) is 5.52. The van der Waals surface area contributed by atoms with E-state index in [-0.39, 0.29) is 36.6 Å². The second kappa shape index (κ2) is 10.0. The maximum absolute atomic E-state index is 11.9. The molecule has 0 radical (unpaired) electrons. The van der Waals surface area contributed by atoms with E-state index in [1.54, 1.807) is 6.20 Å². The molecule has 0 saturated carbocycles. The number of carbonyl (C=O) groups is 1. The highest BCUT2D eigenvalue weighted by molar-refractivity contribution is 5.91. The number of amides is 1. The van der Waals surface area contributed by atoms with Gasteiger partial charge in [-0.3, -0.25) is 4.79 Å². The Morgan fingerprint density at radius 3 is 2.64 bits per heavy atom. The molecular formula is C14H27Cl2N5O. The van der Waals surface area contributed by atoms with Crippen LogP contribution in [0.3, 0.4) is 0 Å². The van der Waals surface area contributed by atoms with Gasteiger partial charge in [-0.25, -0.2) is 4.68 Å². The number of aromatic nitrogens is 2. The molecule has 22 heavy (non-hydrogen) atoms. The van der Waals surface area contributed by atoms with Gasteiger partial charge in [-0.05, 0) is 19.4 Å². The second-order valence-corrected chi connectivity index (χ2v) is 5.45. The number of hydrogen-bond acceptors (Lipinski definition) is 4. The van der Waals surface area contributed by atoms with Crippen LogP contribution in [0.2, 0.25) is 0 Å². The van der Waals surface area contributed by atoms with Gasteiger partial charge in [0, 0.05) is 31.6 Å². The molecule has 3 N–H and O–H groups in total. The predicted octanol–water partition coefficient (Wildman–Crippen LogP) is 1.92. The Morgan fingerprint density at radius 1 is 1.45 bits per heavy atom. The molecule has 1 unspecified atom stereocenters. The molecule has 0 aromatic carbocycles. The molecule has 1 aliphatic rings. The molecule has 1 atom stereocenters. The molecule has 1 fully saturated rings. The average molecular weight is 352 g/mol. The van der Waals surface area contributed by atoms with Gasteiger partial charge in [-0.1, -0.05) is 13.8 Å². The number of likely N-dealkylation sites (tertiary alicyclic amines) is 1. The lowest BCUT2D eigenvalue weighted by Crippen LogP contribution is -2.35. The molecule has 2 rings (SSSR count). The van der Waals surface area contributed by atoms with Crippen molar-refractivity contribution in [3.63, 3.8) is 0 Å². The molecule has 0 aliphatic carbocycles. The minimum Gasteiger partial charge on any atom is -0.330 e. The first-order valence-corrected chi connectivity index (χ1v) is 7.42. The molecular weight excluding hydrogens is 325 g/mol. The quantitative estimate of drug-likeness (QED) is 0.849. The Morgan fingerprint density at radius 2 is 2.09 bits per heavy atom. The summed E-state index contributed by atoms with van der Waals surface area (Å²) in [6.45, 7) is 7.66. The molecule has 6 nitrogen and oxygen atoms in total. The first-order valence-electron chi connectivity index (χ1n) is 7.42. The Balaban J connectivity index is 0.00000220. The number of nitrogens with two attached hydrogens (primary N) is 1. The van der Waals surface area contributed by atoms with Gasteiger partial charge >= 0.3 is 0 Å². The summed E-state index contributed by atoms with van der Waals surface area (Å²) in [6, 6.07) is 2.23. The Kier molecular flexibility index (Phi) is 9.67. The zero-order chi connectivity index (χ0) is 14.5. The van der Waals surface area contributed by atoms with Crippen molar-refractivity contribution in [2.24, 2.45) is 11.7 Å². The van der Waals surface area contributed by atoms with Gasteiger partial charge in [0.15, 0.2) is 0 Å². The fraction of sp³-hybridized carbons (Fsp3) is 0.714. The lowest BCUT2D eigenvalue weighted by Gasteiger charge is -2.31. The van der Waals surface area contributed by atoms with E-state index in [1.165, 1.54) is 0 Å². The third-order valence-electron chi connectivity index (χ3n) is 4.07. The van der Waals surface area contributed by atoms with Crippen LogP contribution in [0.1, 0.15) is 32.7 Å². The first-order chi connectivity index (χ1) is 9.65. The van der Waals surface area contributed by atoms with E-state index in [0.717, 1.165) is 38.3 Å². The molecule has 2 heterocycles. The molecule has 0 bridgehead atoms. The summed E-state index contributed by atoms with van der Waals surface area (Å²) in [4.78, 5) is 14.4. The molecule has 8 heteroatoms. The van der Waals surface area contributed by atoms with E-state index in [0.29, 0.717) is 12.6 Å². The summed E-state index contributed by atoms with van der Waals surface area (Å²) in [6.07, 6.45) is 3.89. The minimum atomic E-state index is -0.180. The number of carbonyl (C=O) groups excluding carboxylic acids is 1. The third-order valence-corrected chi connectivity index (χ3v) is 4.07. The van der Waals surface area contributed by atoms with Crippen LogP contribution < -0.4 is 11.1 Å². The van der Waals surface area contributed by atoms with Gasteiger partial charge in [-0.15, -0.1) is 24.8 Å². The highest BCUT2D eigenvalue weighted by Gasteiger charge is 2.22. The van der Waals surface area contributed by atoms with E-state index < -0.39 is 0 Å². The van der Waals surface area contributed by atoms with Crippen molar-refractivity contribution in [3.05, 3.63) is 12.3 Å². The Hall–Kier alpha value is -0.820. The van der Waals surface area contributed by atoms with E-state index >= 15 is 0 Å². The lowest BCUT2D eigenvalue weighted by molar-refractivity contribution is -0.119. The van der Waals surface area contributed by atoms with Crippen LogP contribution in [-0.4, -0.2) is 46.8 Å². The number of hydrogen-bond donors (Lipinski definition) is 2. The van der Waals surface area contributed by atoms with Crippen molar-refractivity contribution in [1.82, 2.24) is 14.7 Å². The second-order valence-electron chi connectivity index (χ2n) is 5.45. The lowest BCUT2D eigenvalue weighted by atomic mass is 10.1. The summed E-state index contributed by atoms with van der Waals surface area (Å²) >= 11 is 0. The summed E-state index contributed by atoms with van der Waals surface area (Å²) in [5, 5.41) is 7.31. The summed E-state index contributed by atoms with van der Waals surface area (Å²) < 4.78 is 1.95. The number of nitrogens with one attached hydrogen (secondary N) is 1. The van der Waals surface area contributed by atoms with Gasteiger partial charge in [0.25, 0.3) is 0 Å². The van der Waals surface area contributed by atoms with Crippen molar-refractivity contribution in [2.45, 2.75) is 32.7 Å². The van der Waals surface area contributed by atoms with Crippen LogP contribution in [0, 0.1) is 5.92 Å². The number of rotatable bonds is 5. The molecule has 1 aromatic rings. The maximum Gasteiger partial charge on any atom is 0.229 e. The molecule has 1 aliphatic heterocycles. The molecule has 0 spiro atoms. The van der Waals surface area contributed by atoms with E-state index in [1.807, 2.05) is 17.7 Å². The van der Waals surface area contributed by atoms with Gasteiger partial charge in [0.05, 0.1) is 12.2 Å². The zero-order valence-corrected chi connectivity index (χ0v) is 14.8. The normalized spacial score (nSPS) is 17.2. The van der Waals surface area contributed by atoms with E-state index in [9.17, 15) is 4.79 Å². The van der Waals surface area contributed by atoms with Crippen molar-refractivity contribution in [2.75, 3.05) is 31.5 Å². The fourth-order valence-electron chi connectivity index (χ4n) is 2.54. The number of piperidine rings is 1. The van der Waals surface area contributed by atoms with Crippen molar-refractivity contribution in [3.8, 4) is 0 Å². The van der Waals surface area contributed by atoms with Crippen LogP contribution in [0.5, 0.6) is 0 Å². The molecule has 1 amide bonds. The van der Waals surface area contributed by atoms with Crippen molar-refractivity contribution in [1.29, 1.82) is 0 Å². The topological polar surface area (TPSA) is 76.2 Å². The van der Waals surface area contributed by atoms with Gasteiger partial charge in [0.2, 0.25) is 5.91 Å². The average Bonchev–Trinajstić information content (AvgIpc) is 2.94. The summed E-state index contributed by atoms with van der Waals surface area (Å²) in [5.74, 6) is 0.561.